The van der Waals surface area contributed by atoms with Gasteiger partial charge in [-0.2, -0.15) is 0 Å². The Balaban J connectivity index is 2.38. The zero-order chi connectivity index (χ0) is 16.7. The minimum Gasteiger partial charge on any atom is -0.466 e. The van der Waals surface area contributed by atoms with Crippen LogP contribution in [0.3, 0.4) is 0 Å². The highest BCUT2D eigenvalue weighted by atomic mass is 32.1. The third-order valence-corrected chi connectivity index (χ3v) is 4.61. The van der Waals surface area contributed by atoms with Crippen LogP contribution in [0.25, 0.3) is 0 Å². The molecule has 0 aromatic carbocycles. The van der Waals surface area contributed by atoms with E-state index in [2.05, 4.69) is 20.2 Å². The highest BCUT2D eigenvalue weighted by Gasteiger charge is 2.44. The predicted octanol–water partition coefficient (Wildman–Crippen LogP) is 1.99. The highest BCUT2D eigenvalue weighted by Crippen LogP contribution is 2.38. The second-order valence-corrected chi connectivity index (χ2v) is 5.73. The van der Waals surface area contributed by atoms with Gasteiger partial charge in [0.05, 0.1) is 23.2 Å². The van der Waals surface area contributed by atoms with Gasteiger partial charge in [0.25, 0.3) is 0 Å². The Hall–Kier alpha value is -2.02. The number of oxime groups is 1. The zero-order valence-corrected chi connectivity index (χ0v) is 14.2. The van der Waals surface area contributed by atoms with Crippen molar-refractivity contribution < 1.29 is 14.4 Å². The first-order chi connectivity index (χ1) is 11.1. The van der Waals surface area contributed by atoms with E-state index < -0.39 is 11.4 Å². The normalized spacial score (nSPS) is 22.4. The minimum absolute atomic E-state index is 0.213. The molecule has 1 aliphatic rings. The summed E-state index contributed by atoms with van der Waals surface area (Å²) in [6.07, 6.45) is 7.18. The van der Waals surface area contributed by atoms with Crippen molar-refractivity contribution in [1.82, 2.24) is 10.3 Å². The van der Waals surface area contributed by atoms with Gasteiger partial charge in [-0.15, -0.1) is 0 Å². The number of hydrogen-bond donors (Lipinski definition) is 1. The third kappa shape index (κ3) is 3.67. The molecule has 2 rings (SSSR count). The smallest absolute Gasteiger partial charge is 0.346 e. The van der Waals surface area contributed by atoms with E-state index in [1.54, 1.807) is 6.20 Å². The lowest BCUT2D eigenvalue weighted by Gasteiger charge is -2.38. The van der Waals surface area contributed by atoms with E-state index in [0.717, 1.165) is 37.0 Å². The second-order valence-electron chi connectivity index (χ2n) is 5.32. The van der Waals surface area contributed by atoms with Gasteiger partial charge in [0.1, 0.15) is 0 Å². The molecule has 0 radical (unpaired) electrons. The maximum absolute atomic E-state index is 11.2. The van der Waals surface area contributed by atoms with E-state index in [0.29, 0.717) is 4.99 Å². The molecule has 7 heteroatoms. The quantitative estimate of drug-likeness (QED) is 0.504. The first kappa shape index (κ1) is 17.3. The summed E-state index contributed by atoms with van der Waals surface area (Å²) in [5, 5.41) is 7.32. The van der Waals surface area contributed by atoms with E-state index in [1.807, 2.05) is 25.4 Å². The van der Waals surface area contributed by atoms with Crippen LogP contribution in [0, 0.1) is 0 Å². The van der Waals surface area contributed by atoms with Gasteiger partial charge in [-0.1, -0.05) is 29.9 Å². The fraction of sp³-hybridized carbons (Fsp3) is 0.500. The number of methoxy groups -OCH3 is 1. The Kier molecular flexibility index (Phi) is 6.04. The average molecular weight is 335 g/mol. The molecule has 0 saturated heterocycles. The lowest BCUT2D eigenvalue weighted by atomic mass is 9.68. The fourth-order valence-electron chi connectivity index (χ4n) is 2.90. The average Bonchev–Trinajstić information content (AvgIpc) is 2.62. The van der Waals surface area contributed by atoms with Crippen LogP contribution in [0.4, 0.5) is 0 Å². The van der Waals surface area contributed by atoms with Crippen LogP contribution < -0.4 is 5.32 Å². The predicted molar refractivity (Wildman–Crippen MR) is 91.4 cm³/mol. The van der Waals surface area contributed by atoms with E-state index >= 15 is 0 Å². The first-order valence-corrected chi connectivity index (χ1v) is 7.94. The molecule has 1 heterocycles. The Labute approximate surface area is 141 Å². The largest absolute Gasteiger partial charge is 0.466 e. The fourth-order valence-corrected chi connectivity index (χ4v) is 3.24. The monoisotopic (exact) mass is 335 g/mol. The second kappa shape index (κ2) is 8.01. The van der Waals surface area contributed by atoms with Gasteiger partial charge in [-0.3, -0.25) is 4.98 Å². The summed E-state index contributed by atoms with van der Waals surface area (Å²) in [7, 11) is 3.12. The number of carbonyl (C=O) groups excluding carboxylic acids is 1. The number of nitrogens with zero attached hydrogens (tertiary/aromatic N) is 2. The van der Waals surface area contributed by atoms with Crippen molar-refractivity contribution in [3.05, 3.63) is 30.1 Å². The summed E-state index contributed by atoms with van der Waals surface area (Å²) in [5.74, 6) is -0.465. The molecular formula is C16H21N3O3S. The number of esters is 1. The summed E-state index contributed by atoms with van der Waals surface area (Å²) in [6.45, 7) is -0.213. The van der Waals surface area contributed by atoms with Crippen LogP contribution >= 0.6 is 12.2 Å². The molecule has 1 aromatic heterocycles. The molecule has 1 unspecified atom stereocenters. The molecule has 1 atom stereocenters. The molecule has 0 amide bonds. The van der Waals surface area contributed by atoms with Gasteiger partial charge in [-0.25, -0.2) is 4.79 Å². The molecule has 124 valence electrons. The Morgan fingerprint density at radius 3 is 3.00 bits per heavy atom. The number of rotatable bonds is 5. The van der Waals surface area contributed by atoms with Gasteiger partial charge in [0, 0.05) is 19.4 Å². The summed E-state index contributed by atoms with van der Waals surface area (Å²) >= 11 is 5.60. The Morgan fingerprint density at radius 2 is 2.35 bits per heavy atom. The summed E-state index contributed by atoms with van der Waals surface area (Å²) in [6, 6.07) is 3.88. The van der Waals surface area contributed by atoms with Crippen molar-refractivity contribution in [2.75, 3.05) is 20.8 Å². The van der Waals surface area contributed by atoms with Crippen LogP contribution in [-0.4, -0.2) is 42.4 Å². The summed E-state index contributed by atoms with van der Waals surface area (Å²) < 4.78 is 4.56. The number of aromatic nitrogens is 1. The number of thiocarbonyl (C=S) groups is 1. The van der Waals surface area contributed by atoms with Gasteiger partial charge in [0.15, 0.2) is 0 Å². The van der Waals surface area contributed by atoms with E-state index in [4.69, 9.17) is 17.1 Å². The van der Waals surface area contributed by atoms with Gasteiger partial charge in [-0.05, 0) is 30.9 Å². The van der Waals surface area contributed by atoms with Crippen LogP contribution in [0.5, 0.6) is 0 Å². The minimum atomic E-state index is -0.535. The van der Waals surface area contributed by atoms with Crippen molar-refractivity contribution >= 4 is 28.9 Å². The molecule has 6 nitrogen and oxygen atoms in total. The molecule has 1 N–H and O–H groups in total. The van der Waals surface area contributed by atoms with E-state index in [9.17, 15) is 4.79 Å². The molecule has 1 fully saturated rings. The first-order valence-electron chi connectivity index (χ1n) is 7.54. The maximum atomic E-state index is 11.2. The molecule has 0 spiro atoms. The number of carbonyl (C=O) groups is 1. The number of ether oxygens (including phenoxy) is 1. The molecular weight excluding hydrogens is 314 g/mol. The maximum Gasteiger partial charge on any atom is 0.346 e. The van der Waals surface area contributed by atoms with Crippen molar-refractivity contribution in [1.29, 1.82) is 0 Å². The van der Waals surface area contributed by atoms with Crippen molar-refractivity contribution in [2.45, 2.75) is 31.1 Å². The summed E-state index contributed by atoms with van der Waals surface area (Å²) in [4.78, 5) is 21.3. The summed E-state index contributed by atoms with van der Waals surface area (Å²) in [5.41, 5.74) is 1.27. The lowest BCUT2D eigenvalue weighted by Crippen LogP contribution is -2.50. The topological polar surface area (TPSA) is 72.8 Å². The van der Waals surface area contributed by atoms with Crippen molar-refractivity contribution in [3.8, 4) is 0 Å². The SMILES string of the molecule is CNC(=S)C1(c2cccnc2)CCCCC1=NOCC(=O)OC. The molecule has 23 heavy (non-hydrogen) atoms. The number of likely N-dealkylation sites (N-methyl/N-ethyl adjacent to an activating group) is 1. The Bertz CT molecular complexity index is 591. The van der Waals surface area contributed by atoms with E-state index in [-0.39, 0.29) is 6.61 Å². The van der Waals surface area contributed by atoms with Gasteiger partial charge >= 0.3 is 5.97 Å². The molecule has 1 aromatic rings. The number of hydrogen-bond acceptors (Lipinski definition) is 6. The van der Waals surface area contributed by atoms with Crippen LogP contribution in [0.1, 0.15) is 31.2 Å². The van der Waals surface area contributed by atoms with Crippen LogP contribution in [0.15, 0.2) is 29.7 Å². The molecule has 0 bridgehead atoms. The zero-order valence-electron chi connectivity index (χ0n) is 13.4. The Morgan fingerprint density at radius 1 is 1.52 bits per heavy atom. The highest BCUT2D eigenvalue weighted by molar-refractivity contribution is 7.80. The standard InChI is InChI=1S/C16H21N3O3S/c1-17-15(23)16(12-6-5-9-18-10-12)8-4-3-7-13(16)19-22-11-14(20)21-2/h5-6,9-10H,3-4,7-8,11H2,1-2H3,(H,17,23). The molecule has 0 aliphatic heterocycles. The van der Waals surface area contributed by atoms with Crippen molar-refractivity contribution in [3.63, 3.8) is 0 Å². The van der Waals surface area contributed by atoms with Gasteiger partial charge in [0.2, 0.25) is 6.61 Å². The van der Waals surface area contributed by atoms with E-state index in [1.165, 1.54) is 7.11 Å². The van der Waals surface area contributed by atoms with Crippen LogP contribution in [0.2, 0.25) is 0 Å². The van der Waals surface area contributed by atoms with Crippen molar-refractivity contribution in [2.24, 2.45) is 5.16 Å². The third-order valence-electron chi connectivity index (χ3n) is 4.06. The van der Waals surface area contributed by atoms with Gasteiger partial charge < -0.3 is 14.9 Å². The lowest BCUT2D eigenvalue weighted by molar-refractivity contribution is -0.145. The molecule has 1 aliphatic carbocycles. The van der Waals surface area contributed by atoms with Crippen LogP contribution in [-0.2, 0) is 19.8 Å². The molecule has 1 saturated carbocycles. The number of pyridine rings is 1. The number of nitrogens with one attached hydrogen (secondary N) is 1.